The van der Waals surface area contributed by atoms with E-state index in [2.05, 4.69) is 40.7 Å². The van der Waals surface area contributed by atoms with Gasteiger partial charge in [-0.15, -0.1) is 0 Å². The fourth-order valence-electron chi connectivity index (χ4n) is 16.7. The van der Waals surface area contributed by atoms with Crippen molar-refractivity contribution >= 4 is 18.1 Å². The maximum atomic E-state index is 12.6. The number of carboxylic acid groups (broad SMARTS) is 2. The van der Waals surface area contributed by atoms with Crippen molar-refractivity contribution in [3.63, 3.8) is 0 Å². The van der Waals surface area contributed by atoms with Gasteiger partial charge in [0.25, 0.3) is 6.16 Å². The summed E-state index contributed by atoms with van der Waals surface area (Å²) in [6.07, 6.45) is 16.7. The Morgan fingerprint density at radius 3 is 1.94 bits per heavy atom. The van der Waals surface area contributed by atoms with Crippen molar-refractivity contribution in [2.45, 2.75) is 281 Å². The average Bonchev–Trinajstić information content (AvgIpc) is 1.72. The molecule has 5 fully saturated rings. The molecule has 5 unspecified atom stereocenters. The van der Waals surface area contributed by atoms with E-state index in [0.717, 1.165) is 66.6 Å². The number of cyclic esters (lactones) is 1. The third-order valence-electron chi connectivity index (χ3n) is 22.3. The summed E-state index contributed by atoms with van der Waals surface area (Å²) >= 11 is 0. The van der Waals surface area contributed by atoms with Crippen molar-refractivity contribution in [2.75, 3.05) is 0 Å². The van der Waals surface area contributed by atoms with E-state index in [4.69, 9.17) is 29.4 Å². The Balaban J connectivity index is 0.000000439. The van der Waals surface area contributed by atoms with E-state index in [1.807, 2.05) is 19.1 Å². The molecule has 3 saturated carbocycles. The van der Waals surface area contributed by atoms with E-state index in [1.54, 1.807) is 80.7 Å². The third-order valence-corrected chi connectivity index (χ3v) is 22.3. The average molecular weight is 1380 g/mol. The summed E-state index contributed by atoms with van der Waals surface area (Å²) in [6, 6.07) is -1.15. The monoisotopic (exact) mass is 1380 g/mol. The molecule has 21 nitrogen and oxygen atoms in total. The molecule has 0 spiro atoms. The van der Waals surface area contributed by atoms with E-state index in [1.165, 1.54) is 63.5 Å². The number of allylic oxidation sites excluding steroid dienone is 13. The molecule has 0 radical (unpaired) electrons. The minimum atomic E-state index is -2.33. The number of aliphatic carboxylic acids is 1. The molecular formula is C75H118NNaO20. The Morgan fingerprint density at radius 1 is 0.691 bits per heavy atom. The van der Waals surface area contributed by atoms with Gasteiger partial charge in [0.05, 0.1) is 79.6 Å². The van der Waals surface area contributed by atoms with Gasteiger partial charge in [0.1, 0.15) is 18.1 Å². The van der Waals surface area contributed by atoms with Crippen LogP contribution < -0.4 is 40.4 Å². The molecule has 0 aromatic heterocycles. The molecule has 3 aliphatic heterocycles. The van der Waals surface area contributed by atoms with Crippen LogP contribution >= 0.6 is 0 Å². The van der Waals surface area contributed by atoms with Crippen LogP contribution in [0, 0.1) is 70.5 Å². The van der Waals surface area contributed by atoms with Crippen LogP contribution in [-0.2, 0) is 33.3 Å². The largest absolute Gasteiger partial charge is 1.00 e. The standard InChI is InChI=1S/C47H73NO17.C28H46O3.Na/c1-27-17-15-13-11-9-7-5-6-8-10-12-14-16-18-34(64-46-44(58)41(48)43(57)30(4)63-46)24-38-40(45(59)60)37(54)26-47(61,65-38)25-33(51)22-36(53)35(52)20-19-31(49)21-32(50)23-39(55)62-29(3)28(2)42(27)56;1-17(2)7-6-8-18(3)22-11-12-24-23-10-9-20-16-21(31-27(29)30)13-14-28(20,5)25(23)15-19(4)26(22)24;/h5-18,27-38,40-44,46,49-54,56-58,61H,19-26,48H2,1-4H3,(H,59,60);9,17-19,21-26H,6-8,10-16H2,1-5H3,(H,29,30);/q;;+1/p-1/b6-5+,9-7+,10-8+,13-11+,14-12+,17-15+,18-16+;;/t27-,28-,29-,30+,31+,32+,33-,34-,35+,36+,37-,38-,40+,41-,42+,43+,44-,46-,47+;18-,19+,21?,22+,23?,24?,25?,26?,28-;/m00./s1. The van der Waals surface area contributed by atoms with Gasteiger partial charge >= 0.3 is 41.5 Å². The first-order chi connectivity index (χ1) is 45.3. The van der Waals surface area contributed by atoms with E-state index < -0.39 is 153 Å². The molecule has 2 bridgehead atoms. The fourth-order valence-corrected chi connectivity index (χ4v) is 16.7. The van der Waals surface area contributed by atoms with E-state index in [-0.39, 0.29) is 72.7 Å². The van der Waals surface area contributed by atoms with Crippen LogP contribution in [0.3, 0.4) is 0 Å². The molecule has 13 N–H and O–H groups in total. The number of esters is 1. The predicted octanol–water partition coefficient (Wildman–Crippen LogP) is 4.33. The number of fused-ring (bicyclic) bond motifs is 7. The summed E-state index contributed by atoms with van der Waals surface area (Å²) in [5, 5.41) is 129. The number of carbonyl (C=O) groups is 3. The van der Waals surface area contributed by atoms with Gasteiger partial charge in [-0.3, -0.25) is 9.59 Å². The summed E-state index contributed by atoms with van der Waals surface area (Å²) < 4.78 is 28.2. The second-order valence-corrected chi connectivity index (χ2v) is 30.0. The zero-order valence-corrected chi connectivity index (χ0v) is 61.1. The van der Waals surface area contributed by atoms with Gasteiger partial charge in [-0.2, -0.15) is 0 Å². The molecule has 0 aromatic rings. The number of rotatable bonds is 9. The van der Waals surface area contributed by atoms with Crippen molar-refractivity contribution in [2.24, 2.45) is 76.2 Å². The molecular weight excluding hydrogens is 1260 g/mol. The first kappa shape index (κ1) is 84.2. The number of hydrogen-bond donors (Lipinski definition) is 12. The van der Waals surface area contributed by atoms with Crippen molar-refractivity contribution in [1.82, 2.24) is 0 Å². The molecule has 3 heterocycles. The van der Waals surface area contributed by atoms with Crippen LogP contribution in [0.4, 0.5) is 4.79 Å². The summed E-state index contributed by atoms with van der Waals surface area (Å²) in [6.45, 7) is 19.0. The van der Waals surface area contributed by atoms with Crippen LogP contribution in [0.1, 0.15) is 178 Å². The van der Waals surface area contributed by atoms with Gasteiger partial charge in [0, 0.05) is 43.6 Å². The first-order valence-corrected chi connectivity index (χ1v) is 35.6. The van der Waals surface area contributed by atoms with Gasteiger partial charge in [-0.1, -0.05) is 164 Å². The molecule has 22 heteroatoms. The normalized spacial score (nSPS) is 44.2. The summed E-state index contributed by atoms with van der Waals surface area (Å²) in [7, 11) is 0. The topological polar surface area (TPSA) is 369 Å². The maximum absolute atomic E-state index is 12.6. The Kier molecular flexibility index (Phi) is 34.6. The number of hydrogen-bond acceptors (Lipinski definition) is 20. The van der Waals surface area contributed by atoms with Crippen LogP contribution in [-0.4, -0.2) is 178 Å². The number of nitrogens with two attached hydrogens (primary N) is 1. The Morgan fingerprint density at radius 2 is 1.32 bits per heavy atom. The zero-order chi connectivity index (χ0) is 70.8. The van der Waals surface area contributed by atoms with Gasteiger partial charge < -0.3 is 95.5 Å². The molecule has 2 saturated heterocycles. The van der Waals surface area contributed by atoms with Crippen molar-refractivity contribution in [3.05, 3.63) is 96.7 Å². The van der Waals surface area contributed by atoms with E-state index >= 15 is 0 Å². The summed E-state index contributed by atoms with van der Waals surface area (Å²) in [5.74, 6) is 0.0436. The van der Waals surface area contributed by atoms with E-state index in [0.29, 0.717) is 0 Å². The minimum absolute atomic E-state index is 0. The molecule has 544 valence electrons. The van der Waals surface area contributed by atoms with Gasteiger partial charge in [0.2, 0.25) is 0 Å². The third kappa shape index (κ3) is 24.6. The molecule has 28 atom stereocenters. The summed E-state index contributed by atoms with van der Waals surface area (Å²) in [4.78, 5) is 36.0. The van der Waals surface area contributed by atoms with Gasteiger partial charge in [-0.25, -0.2) is 0 Å². The number of carboxylic acids is 1. The van der Waals surface area contributed by atoms with Gasteiger partial charge in [-0.05, 0) is 131 Å². The van der Waals surface area contributed by atoms with Crippen LogP contribution in [0.15, 0.2) is 96.7 Å². The number of ether oxygens (including phenoxy) is 5. The molecule has 7 aliphatic rings. The SMILES string of the molecule is CC(C)CCC[C@H](C)[C@H]1CCC2C3CC=C4CC(OC(=O)[O-])CC[C@]4(C)C3C[C@@H](C)C21.C[C@@H]1[C@H](O)[C@@H](C)/C=C/C=C/C=C/C=C/C=C/C=C/C=C/[C@H](O[C@@H]2O[C@H](C)[C@@H](O)[C@H](N)[C@@H]2O)C[C@@H]2O[C@](O)(C[C@@H](O)C[C@@H](O)[C@H](O)CC[C@@H](O)C[C@@H](O)CC(=O)O[C@H]1C)C[C@H](O)[C@H]2C(=O)O.[Na+]. The fraction of sp³-hybridized carbons (Fsp3) is 0.747. The van der Waals surface area contributed by atoms with Crippen molar-refractivity contribution in [1.29, 1.82) is 0 Å². The van der Waals surface area contributed by atoms with Crippen molar-refractivity contribution < 1.29 is 129 Å². The quantitative estimate of drug-likeness (QED) is 0.0868. The number of aliphatic hydroxyl groups excluding tert-OH is 9. The van der Waals surface area contributed by atoms with Crippen LogP contribution in [0.5, 0.6) is 0 Å². The zero-order valence-electron chi connectivity index (χ0n) is 59.1. The molecule has 4 aliphatic carbocycles. The molecule has 97 heavy (non-hydrogen) atoms. The Hall–Kier alpha value is -3.43. The molecule has 7 rings (SSSR count). The summed E-state index contributed by atoms with van der Waals surface area (Å²) in [5.41, 5.74) is 7.74. The Bertz CT molecular complexity index is 2680. The minimum Gasteiger partial charge on any atom is -0.546 e. The van der Waals surface area contributed by atoms with Crippen LogP contribution in [0.2, 0.25) is 0 Å². The van der Waals surface area contributed by atoms with E-state index in [9.17, 15) is 75.7 Å². The van der Waals surface area contributed by atoms with Crippen molar-refractivity contribution in [3.8, 4) is 0 Å². The van der Waals surface area contributed by atoms with Crippen LogP contribution in [0.25, 0.3) is 0 Å². The second kappa shape index (κ2) is 39.8. The maximum Gasteiger partial charge on any atom is 1.00 e. The predicted molar refractivity (Wildman–Crippen MR) is 360 cm³/mol. The van der Waals surface area contributed by atoms with Gasteiger partial charge in [0.15, 0.2) is 12.1 Å². The molecule has 0 aromatic carbocycles. The molecule has 0 amide bonds. The Labute approximate surface area is 598 Å². The number of carbonyl (C=O) groups excluding carboxylic acids is 2. The smallest absolute Gasteiger partial charge is 0.546 e. The number of aliphatic hydroxyl groups is 10. The first-order valence-electron chi connectivity index (χ1n) is 35.6. The second-order valence-electron chi connectivity index (χ2n) is 30.0.